The number of hydrogen-bond donors (Lipinski definition) is 1. The summed E-state index contributed by atoms with van der Waals surface area (Å²) in [6.07, 6.45) is 3.40. The minimum Gasteiger partial charge on any atom is -0.485 e. The van der Waals surface area contributed by atoms with E-state index in [1.54, 1.807) is 18.5 Å². The molecule has 1 heterocycles. The Morgan fingerprint density at radius 1 is 1.33 bits per heavy atom. The zero-order chi connectivity index (χ0) is 15.2. The largest absolute Gasteiger partial charge is 0.485 e. The number of para-hydroxylation sites is 1. The zero-order valence-corrected chi connectivity index (χ0v) is 13.7. The van der Waals surface area contributed by atoms with Gasteiger partial charge in [0.1, 0.15) is 6.61 Å². The molecule has 1 aromatic heterocycles. The Morgan fingerprint density at radius 2 is 2.14 bits per heavy atom. The summed E-state index contributed by atoms with van der Waals surface area (Å²) in [5.41, 5.74) is 1.70. The molecule has 0 radical (unpaired) electrons. The summed E-state index contributed by atoms with van der Waals surface area (Å²) in [5, 5.41) is 3.27. The summed E-state index contributed by atoms with van der Waals surface area (Å²) < 4.78 is 20.5. The third kappa shape index (κ3) is 4.79. The van der Waals surface area contributed by atoms with Crippen molar-refractivity contribution in [1.29, 1.82) is 0 Å². The highest BCUT2D eigenvalue weighted by atomic mass is 79.9. The summed E-state index contributed by atoms with van der Waals surface area (Å²) >= 11 is 3.36. The summed E-state index contributed by atoms with van der Waals surface area (Å²) in [6.45, 7) is 4.95. The molecule has 2 rings (SSSR count). The zero-order valence-electron chi connectivity index (χ0n) is 12.1. The molecule has 0 aliphatic rings. The second-order valence-electron chi connectivity index (χ2n) is 5.06. The van der Waals surface area contributed by atoms with Crippen LogP contribution >= 0.6 is 15.9 Å². The Morgan fingerprint density at radius 3 is 2.86 bits per heavy atom. The fourth-order valence-corrected chi connectivity index (χ4v) is 2.27. The molecule has 0 aliphatic carbocycles. The lowest BCUT2D eigenvalue weighted by molar-refractivity contribution is 0.285. The van der Waals surface area contributed by atoms with Crippen LogP contribution in [-0.4, -0.2) is 11.0 Å². The van der Waals surface area contributed by atoms with Gasteiger partial charge < -0.3 is 10.1 Å². The number of rotatable bonds is 6. The van der Waals surface area contributed by atoms with Gasteiger partial charge in [0.15, 0.2) is 11.6 Å². The predicted octanol–water partition coefficient (Wildman–Crippen LogP) is 4.06. The molecule has 3 nitrogen and oxygen atoms in total. The molecule has 0 unspecified atom stereocenters. The fraction of sp³-hybridized carbons (Fsp3) is 0.312. The van der Waals surface area contributed by atoms with Crippen LogP contribution in [0.15, 0.2) is 41.1 Å². The van der Waals surface area contributed by atoms with E-state index in [1.165, 1.54) is 6.07 Å². The van der Waals surface area contributed by atoms with Gasteiger partial charge in [0.25, 0.3) is 0 Å². The number of nitrogens with one attached hydrogen (secondary N) is 1. The molecule has 0 fully saturated rings. The van der Waals surface area contributed by atoms with Crippen LogP contribution in [0.4, 0.5) is 4.39 Å². The van der Waals surface area contributed by atoms with Gasteiger partial charge in [-0.25, -0.2) is 4.39 Å². The first-order chi connectivity index (χ1) is 10.1. The van der Waals surface area contributed by atoms with E-state index in [4.69, 9.17) is 4.74 Å². The molecule has 2 aromatic rings. The van der Waals surface area contributed by atoms with Crippen molar-refractivity contribution in [3.8, 4) is 5.75 Å². The molecular formula is C16H18BrFN2O. The third-order valence-corrected chi connectivity index (χ3v) is 3.33. The maximum absolute atomic E-state index is 14.0. The molecule has 0 saturated carbocycles. The highest BCUT2D eigenvalue weighted by molar-refractivity contribution is 9.10. The third-order valence-electron chi connectivity index (χ3n) is 2.89. The van der Waals surface area contributed by atoms with E-state index < -0.39 is 0 Å². The summed E-state index contributed by atoms with van der Waals surface area (Å²) in [5.74, 6) is -0.0494. The van der Waals surface area contributed by atoms with Crippen LogP contribution in [0.1, 0.15) is 25.0 Å². The average Bonchev–Trinajstić information content (AvgIpc) is 2.44. The van der Waals surface area contributed by atoms with Gasteiger partial charge in [-0.3, -0.25) is 4.98 Å². The predicted molar refractivity (Wildman–Crippen MR) is 84.6 cm³/mol. The van der Waals surface area contributed by atoms with Crippen molar-refractivity contribution in [1.82, 2.24) is 10.3 Å². The quantitative estimate of drug-likeness (QED) is 0.851. The van der Waals surface area contributed by atoms with E-state index in [-0.39, 0.29) is 12.4 Å². The lowest BCUT2D eigenvalue weighted by Gasteiger charge is -2.14. The van der Waals surface area contributed by atoms with Gasteiger partial charge in [0, 0.05) is 40.6 Å². The molecule has 1 N–H and O–H groups in total. The van der Waals surface area contributed by atoms with Crippen molar-refractivity contribution < 1.29 is 9.13 Å². The first-order valence-electron chi connectivity index (χ1n) is 6.79. The fourth-order valence-electron chi connectivity index (χ4n) is 1.86. The van der Waals surface area contributed by atoms with Crippen LogP contribution < -0.4 is 10.1 Å². The average molecular weight is 353 g/mol. The maximum Gasteiger partial charge on any atom is 0.165 e. The topological polar surface area (TPSA) is 34.1 Å². The highest BCUT2D eigenvalue weighted by Crippen LogP contribution is 2.24. The number of pyridine rings is 1. The summed E-state index contributed by atoms with van der Waals surface area (Å²) in [7, 11) is 0. The number of aromatic nitrogens is 1. The van der Waals surface area contributed by atoms with Crippen molar-refractivity contribution in [2.45, 2.75) is 33.0 Å². The van der Waals surface area contributed by atoms with Gasteiger partial charge in [-0.2, -0.15) is 0 Å². The van der Waals surface area contributed by atoms with E-state index >= 15 is 0 Å². The molecule has 0 amide bonds. The van der Waals surface area contributed by atoms with E-state index in [0.29, 0.717) is 18.3 Å². The molecule has 0 saturated heterocycles. The second kappa shape index (κ2) is 7.52. The summed E-state index contributed by atoms with van der Waals surface area (Å²) in [4.78, 5) is 4.07. The lowest BCUT2D eigenvalue weighted by atomic mass is 10.2. The molecule has 0 bridgehead atoms. The van der Waals surface area contributed by atoms with Crippen LogP contribution in [0.5, 0.6) is 5.75 Å². The van der Waals surface area contributed by atoms with E-state index in [2.05, 4.69) is 26.2 Å². The molecular weight excluding hydrogens is 335 g/mol. The first-order valence-corrected chi connectivity index (χ1v) is 7.58. The van der Waals surface area contributed by atoms with Gasteiger partial charge in [0.05, 0.1) is 0 Å². The minimum atomic E-state index is -0.346. The standard InChI is InChI=1S/C16H18BrFN2O/c1-11(2)20-8-13-4-3-5-15(18)16(13)21-10-12-6-14(17)9-19-7-12/h3-7,9,11,20H,8,10H2,1-2H3. The van der Waals surface area contributed by atoms with Crippen LogP contribution in [0, 0.1) is 5.82 Å². The molecule has 1 aromatic carbocycles. The Bertz CT molecular complexity index is 605. The van der Waals surface area contributed by atoms with Crippen molar-refractivity contribution in [2.24, 2.45) is 0 Å². The number of benzene rings is 1. The molecule has 0 aliphatic heterocycles. The molecule has 21 heavy (non-hydrogen) atoms. The van der Waals surface area contributed by atoms with Crippen LogP contribution in [-0.2, 0) is 13.2 Å². The van der Waals surface area contributed by atoms with E-state index in [0.717, 1.165) is 15.6 Å². The number of halogens is 2. The van der Waals surface area contributed by atoms with Crippen LogP contribution in [0.3, 0.4) is 0 Å². The Hall–Kier alpha value is -1.46. The Kier molecular flexibility index (Phi) is 5.70. The number of ether oxygens (including phenoxy) is 1. The van der Waals surface area contributed by atoms with Crippen molar-refractivity contribution >= 4 is 15.9 Å². The SMILES string of the molecule is CC(C)NCc1cccc(F)c1OCc1cncc(Br)c1. The van der Waals surface area contributed by atoms with Crippen molar-refractivity contribution in [3.05, 3.63) is 58.1 Å². The smallest absolute Gasteiger partial charge is 0.165 e. The number of hydrogen-bond acceptors (Lipinski definition) is 3. The lowest BCUT2D eigenvalue weighted by Crippen LogP contribution is -2.22. The Labute approximate surface area is 132 Å². The highest BCUT2D eigenvalue weighted by Gasteiger charge is 2.10. The van der Waals surface area contributed by atoms with Crippen LogP contribution in [0.2, 0.25) is 0 Å². The molecule has 0 spiro atoms. The van der Waals surface area contributed by atoms with Gasteiger partial charge >= 0.3 is 0 Å². The van der Waals surface area contributed by atoms with Gasteiger partial charge in [-0.05, 0) is 28.1 Å². The van der Waals surface area contributed by atoms with Gasteiger partial charge in [0.2, 0.25) is 0 Å². The van der Waals surface area contributed by atoms with E-state index in [1.807, 2.05) is 26.0 Å². The summed E-state index contributed by atoms with van der Waals surface area (Å²) in [6, 6.07) is 7.20. The maximum atomic E-state index is 14.0. The second-order valence-corrected chi connectivity index (χ2v) is 5.98. The normalized spacial score (nSPS) is 10.9. The van der Waals surface area contributed by atoms with Crippen molar-refractivity contribution in [3.63, 3.8) is 0 Å². The van der Waals surface area contributed by atoms with Crippen molar-refractivity contribution in [2.75, 3.05) is 0 Å². The molecule has 5 heteroatoms. The van der Waals surface area contributed by atoms with E-state index in [9.17, 15) is 4.39 Å². The number of nitrogens with zero attached hydrogens (tertiary/aromatic N) is 1. The van der Waals surface area contributed by atoms with Gasteiger partial charge in [-0.1, -0.05) is 26.0 Å². The van der Waals surface area contributed by atoms with Crippen LogP contribution in [0.25, 0.3) is 0 Å². The van der Waals surface area contributed by atoms with Gasteiger partial charge in [-0.15, -0.1) is 0 Å². The molecule has 0 atom stereocenters. The first kappa shape index (κ1) is 15.9. The minimum absolute atomic E-state index is 0.280. The monoisotopic (exact) mass is 352 g/mol. The molecule has 112 valence electrons. The Balaban J connectivity index is 2.11.